The number of hydrogen-bond donors (Lipinski definition) is 0. The topological polar surface area (TPSA) is 56.8 Å². The summed E-state index contributed by atoms with van der Waals surface area (Å²) in [6.07, 6.45) is 0. The molecule has 0 aliphatic rings. The molecule has 3 nitrogen and oxygen atoms in total. The Kier molecular flexibility index (Phi) is 5.53. The zero-order valence-electron chi connectivity index (χ0n) is 18.6. The predicted molar refractivity (Wildman–Crippen MR) is 136 cm³/mol. The summed E-state index contributed by atoms with van der Waals surface area (Å²) < 4.78 is 5.39. The summed E-state index contributed by atoms with van der Waals surface area (Å²) in [4.78, 5) is 0. The van der Waals surface area contributed by atoms with Gasteiger partial charge in [0, 0.05) is 5.22 Å². The monoisotopic (exact) mass is 436 g/mol. The molecule has 0 aromatic heterocycles. The Bertz CT molecular complexity index is 1660. The van der Waals surface area contributed by atoms with Gasteiger partial charge in [-0.15, -0.1) is 0 Å². The van der Waals surface area contributed by atoms with Crippen LogP contribution in [0, 0.1) is 22.7 Å². The molecule has 0 bridgehead atoms. The fourth-order valence-electron chi connectivity index (χ4n) is 4.45. The smallest absolute Gasteiger partial charge is 0.136 e. The highest BCUT2D eigenvalue weighted by Crippen LogP contribution is 2.35. The van der Waals surface area contributed by atoms with Crippen LogP contribution >= 0.6 is 0 Å². The van der Waals surface area contributed by atoms with E-state index in [0.29, 0.717) is 5.22 Å². The first-order chi connectivity index (χ1) is 16.7. The minimum atomic E-state index is 0.105. The SMILES string of the molecule is COc1ccc(C(c2c3ccccc3cc3ccccc23)=c2ccc(=C(C#N)C#N)cc2)cc1. The third kappa shape index (κ3) is 3.66. The van der Waals surface area contributed by atoms with Crippen LogP contribution in [0.4, 0.5) is 0 Å². The molecular formula is C31H20N2O. The van der Waals surface area contributed by atoms with Crippen molar-refractivity contribution in [1.29, 1.82) is 10.5 Å². The maximum Gasteiger partial charge on any atom is 0.136 e. The van der Waals surface area contributed by atoms with Crippen molar-refractivity contribution in [1.82, 2.24) is 0 Å². The predicted octanol–water partition coefficient (Wildman–Crippen LogP) is 5.45. The molecule has 0 atom stereocenters. The van der Waals surface area contributed by atoms with Gasteiger partial charge in [-0.2, -0.15) is 10.5 Å². The van der Waals surface area contributed by atoms with Gasteiger partial charge < -0.3 is 4.74 Å². The van der Waals surface area contributed by atoms with Crippen molar-refractivity contribution in [3.63, 3.8) is 0 Å². The number of benzene rings is 5. The molecule has 0 N–H and O–H groups in total. The largest absolute Gasteiger partial charge is 0.497 e. The average molecular weight is 437 g/mol. The van der Waals surface area contributed by atoms with Crippen LogP contribution in [0.1, 0.15) is 11.1 Å². The molecule has 0 saturated heterocycles. The zero-order chi connectivity index (χ0) is 23.5. The third-order valence-electron chi connectivity index (χ3n) is 6.09. The van der Waals surface area contributed by atoms with Crippen LogP contribution in [0.5, 0.6) is 5.75 Å². The number of methoxy groups -OCH3 is 1. The summed E-state index contributed by atoms with van der Waals surface area (Å²) in [5.74, 6) is 0.795. The highest BCUT2D eigenvalue weighted by atomic mass is 16.5. The Morgan fingerprint density at radius 1 is 0.647 bits per heavy atom. The van der Waals surface area contributed by atoms with Crippen LogP contribution in [0.25, 0.3) is 32.7 Å². The van der Waals surface area contributed by atoms with E-state index >= 15 is 0 Å². The number of fused-ring (bicyclic) bond motifs is 2. The second kappa shape index (κ2) is 8.94. The van der Waals surface area contributed by atoms with Gasteiger partial charge in [0.2, 0.25) is 0 Å². The van der Waals surface area contributed by atoms with Crippen LogP contribution in [0.3, 0.4) is 0 Å². The summed E-state index contributed by atoms with van der Waals surface area (Å²) >= 11 is 0. The lowest BCUT2D eigenvalue weighted by atomic mass is 9.87. The van der Waals surface area contributed by atoms with Gasteiger partial charge in [0.25, 0.3) is 0 Å². The van der Waals surface area contributed by atoms with Crippen molar-refractivity contribution in [2.24, 2.45) is 0 Å². The van der Waals surface area contributed by atoms with Crippen molar-refractivity contribution in [2.45, 2.75) is 0 Å². The molecule has 0 saturated carbocycles. The lowest BCUT2D eigenvalue weighted by molar-refractivity contribution is 0.415. The van der Waals surface area contributed by atoms with Crippen molar-refractivity contribution < 1.29 is 4.74 Å². The van der Waals surface area contributed by atoms with Gasteiger partial charge in [0.15, 0.2) is 0 Å². The maximum atomic E-state index is 9.27. The summed E-state index contributed by atoms with van der Waals surface area (Å²) in [6.45, 7) is 0. The Morgan fingerprint density at radius 3 is 1.71 bits per heavy atom. The zero-order valence-corrected chi connectivity index (χ0v) is 18.6. The number of hydrogen-bond acceptors (Lipinski definition) is 3. The van der Waals surface area contributed by atoms with Crippen LogP contribution in [0.15, 0.2) is 103 Å². The molecule has 0 aliphatic carbocycles. The van der Waals surface area contributed by atoms with E-state index in [4.69, 9.17) is 4.74 Å². The average Bonchev–Trinajstić information content (AvgIpc) is 2.90. The molecule has 3 heteroatoms. The first kappa shape index (κ1) is 21.0. The van der Waals surface area contributed by atoms with E-state index < -0.39 is 0 Å². The molecule has 0 aliphatic heterocycles. The standard InChI is InChI=1S/C31H20N2O/c1-34-27-16-14-23(15-17-27)30(22-12-10-21(11-13-22)26(19-32)20-33)31-28-8-4-2-6-24(28)18-25-7-3-5-9-29(25)31/h2-18H,1H3. The first-order valence-electron chi connectivity index (χ1n) is 10.9. The van der Waals surface area contributed by atoms with Crippen LogP contribution in [-0.2, 0) is 0 Å². The molecule has 0 amide bonds. The summed E-state index contributed by atoms with van der Waals surface area (Å²) in [7, 11) is 1.66. The van der Waals surface area contributed by atoms with Gasteiger partial charge in [-0.25, -0.2) is 0 Å². The van der Waals surface area contributed by atoms with Gasteiger partial charge in [0.05, 0.1) is 7.11 Å². The molecule has 0 spiro atoms. The summed E-state index contributed by atoms with van der Waals surface area (Å²) in [5, 5.41) is 24.8. The van der Waals surface area contributed by atoms with Gasteiger partial charge in [-0.1, -0.05) is 84.9 Å². The first-order valence-corrected chi connectivity index (χ1v) is 10.9. The minimum Gasteiger partial charge on any atom is -0.497 e. The van der Waals surface area contributed by atoms with E-state index in [1.807, 2.05) is 48.5 Å². The summed E-state index contributed by atoms with van der Waals surface area (Å²) in [5.41, 5.74) is 3.39. The van der Waals surface area contributed by atoms with Crippen molar-refractivity contribution in [3.8, 4) is 17.9 Å². The highest BCUT2D eigenvalue weighted by molar-refractivity contribution is 6.11. The van der Waals surface area contributed by atoms with Crippen LogP contribution < -0.4 is 15.2 Å². The fourth-order valence-corrected chi connectivity index (χ4v) is 4.45. The van der Waals surface area contributed by atoms with E-state index in [-0.39, 0.29) is 5.57 Å². The van der Waals surface area contributed by atoms with Crippen LogP contribution in [-0.4, -0.2) is 7.11 Å². The quantitative estimate of drug-likeness (QED) is 0.354. The van der Waals surface area contributed by atoms with E-state index in [2.05, 4.69) is 66.7 Å². The molecule has 34 heavy (non-hydrogen) atoms. The molecule has 0 unspecified atom stereocenters. The number of rotatable bonds is 3. The van der Waals surface area contributed by atoms with Crippen molar-refractivity contribution in [2.75, 3.05) is 7.11 Å². The fraction of sp³-hybridized carbons (Fsp3) is 0.0323. The number of nitrogens with zero attached hydrogens (tertiary/aromatic N) is 2. The lowest BCUT2D eigenvalue weighted by Crippen LogP contribution is -2.14. The number of nitriles is 2. The molecule has 5 aromatic carbocycles. The van der Waals surface area contributed by atoms with Crippen molar-refractivity contribution in [3.05, 3.63) is 125 Å². The highest BCUT2D eigenvalue weighted by Gasteiger charge is 2.15. The molecular weight excluding hydrogens is 416 g/mol. The molecule has 160 valence electrons. The van der Waals surface area contributed by atoms with E-state index in [0.717, 1.165) is 38.4 Å². The van der Waals surface area contributed by atoms with E-state index in [9.17, 15) is 10.5 Å². The van der Waals surface area contributed by atoms with Crippen molar-refractivity contribution >= 4 is 32.7 Å². The minimum absolute atomic E-state index is 0.105. The van der Waals surface area contributed by atoms with Gasteiger partial charge in [-0.3, -0.25) is 0 Å². The van der Waals surface area contributed by atoms with Crippen LogP contribution in [0.2, 0.25) is 0 Å². The lowest BCUT2D eigenvalue weighted by Gasteiger charge is -2.16. The second-order valence-corrected chi connectivity index (χ2v) is 7.97. The summed E-state index contributed by atoms with van der Waals surface area (Å²) in [6, 6.07) is 38.8. The Labute approximate surface area is 197 Å². The van der Waals surface area contributed by atoms with E-state index in [1.54, 1.807) is 7.11 Å². The molecule has 0 radical (unpaired) electrons. The Balaban J connectivity index is 1.96. The normalized spacial score (nSPS) is 10.4. The Hall–Kier alpha value is -4.86. The van der Waals surface area contributed by atoms with Gasteiger partial charge in [0.1, 0.15) is 23.5 Å². The molecule has 0 fully saturated rings. The third-order valence-corrected chi connectivity index (χ3v) is 6.09. The Morgan fingerprint density at radius 2 is 1.18 bits per heavy atom. The number of ether oxygens (including phenoxy) is 1. The molecule has 0 heterocycles. The maximum absolute atomic E-state index is 9.27. The van der Waals surface area contributed by atoms with E-state index in [1.165, 1.54) is 10.8 Å². The molecule has 5 aromatic rings. The molecule has 5 rings (SSSR count). The van der Waals surface area contributed by atoms with Gasteiger partial charge in [-0.05, 0) is 61.7 Å². The van der Waals surface area contributed by atoms with Gasteiger partial charge >= 0.3 is 0 Å². The second-order valence-electron chi connectivity index (χ2n) is 7.97.